The molecule has 0 bridgehead atoms. The number of nitrogens with zero attached hydrogens (tertiary/aromatic N) is 1. The van der Waals surface area contributed by atoms with Crippen LogP contribution in [0.15, 0.2) is 0 Å². The first-order valence-electron chi connectivity index (χ1n) is 6.86. The first-order chi connectivity index (χ1) is 8.24. The molecule has 0 saturated carbocycles. The third-order valence-electron chi connectivity index (χ3n) is 3.65. The van der Waals surface area contributed by atoms with Gasteiger partial charge in [-0.15, -0.1) is 0 Å². The molecule has 1 saturated heterocycles. The number of amides is 1. The van der Waals surface area contributed by atoms with E-state index < -0.39 is 0 Å². The maximum Gasteiger partial charge on any atom is 0.227 e. The van der Waals surface area contributed by atoms with Crippen LogP contribution in [0.5, 0.6) is 0 Å². The van der Waals surface area contributed by atoms with Crippen LogP contribution in [-0.4, -0.2) is 48.2 Å². The SMILES string of the molecule is CCC(CC)N(CCO)C(=O)C1CCCNC1. The summed E-state index contributed by atoms with van der Waals surface area (Å²) in [5.41, 5.74) is 0. The van der Waals surface area contributed by atoms with Gasteiger partial charge in [-0.25, -0.2) is 0 Å². The van der Waals surface area contributed by atoms with Gasteiger partial charge in [0.25, 0.3) is 0 Å². The van der Waals surface area contributed by atoms with E-state index in [9.17, 15) is 4.79 Å². The molecule has 1 unspecified atom stereocenters. The number of aliphatic hydroxyl groups excluding tert-OH is 1. The van der Waals surface area contributed by atoms with Gasteiger partial charge in [0.15, 0.2) is 0 Å². The van der Waals surface area contributed by atoms with E-state index in [4.69, 9.17) is 5.11 Å². The Hall–Kier alpha value is -0.610. The molecular formula is C13H26N2O2. The van der Waals surface area contributed by atoms with Crippen molar-refractivity contribution in [2.75, 3.05) is 26.2 Å². The van der Waals surface area contributed by atoms with Gasteiger partial charge in [0.1, 0.15) is 0 Å². The smallest absolute Gasteiger partial charge is 0.227 e. The van der Waals surface area contributed by atoms with Crippen LogP contribution in [0.2, 0.25) is 0 Å². The number of hydrogen-bond donors (Lipinski definition) is 2. The van der Waals surface area contributed by atoms with Crippen molar-refractivity contribution in [3.05, 3.63) is 0 Å². The molecule has 1 rings (SSSR count). The third-order valence-corrected chi connectivity index (χ3v) is 3.65. The minimum absolute atomic E-state index is 0.0579. The molecule has 1 amide bonds. The highest BCUT2D eigenvalue weighted by molar-refractivity contribution is 5.79. The number of rotatable bonds is 6. The Balaban J connectivity index is 2.63. The van der Waals surface area contributed by atoms with Crippen LogP contribution < -0.4 is 5.32 Å². The van der Waals surface area contributed by atoms with Crippen molar-refractivity contribution in [2.45, 2.75) is 45.6 Å². The second-order valence-corrected chi connectivity index (χ2v) is 4.77. The van der Waals surface area contributed by atoms with Crippen LogP contribution >= 0.6 is 0 Å². The maximum atomic E-state index is 12.4. The average molecular weight is 242 g/mol. The summed E-state index contributed by atoms with van der Waals surface area (Å²) in [5.74, 6) is 0.329. The van der Waals surface area contributed by atoms with Crippen molar-refractivity contribution in [2.24, 2.45) is 5.92 Å². The molecule has 1 atom stereocenters. The lowest BCUT2D eigenvalue weighted by Crippen LogP contribution is -2.48. The van der Waals surface area contributed by atoms with Gasteiger partial charge in [0, 0.05) is 19.1 Å². The molecule has 2 N–H and O–H groups in total. The molecule has 0 radical (unpaired) electrons. The van der Waals surface area contributed by atoms with Gasteiger partial charge in [-0.2, -0.15) is 0 Å². The number of aliphatic hydroxyl groups is 1. The Labute approximate surface area is 104 Å². The number of hydrogen-bond acceptors (Lipinski definition) is 3. The number of piperidine rings is 1. The molecule has 1 aliphatic heterocycles. The minimum atomic E-state index is 0.0579. The van der Waals surface area contributed by atoms with Crippen LogP contribution in [0.1, 0.15) is 39.5 Å². The summed E-state index contributed by atoms with van der Waals surface area (Å²) in [4.78, 5) is 14.3. The number of nitrogens with one attached hydrogen (secondary N) is 1. The summed E-state index contributed by atoms with van der Waals surface area (Å²) >= 11 is 0. The van der Waals surface area contributed by atoms with Gasteiger partial charge in [0.05, 0.1) is 12.5 Å². The standard InChI is InChI=1S/C13H26N2O2/c1-3-12(4-2)15(8-9-16)13(17)11-6-5-7-14-10-11/h11-12,14,16H,3-10H2,1-2H3. The highest BCUT2D eigenvalue weighted by Gasteiger charge is 2.28. The van der Waals surface area contributed by atoms with Gasteiger partial charge in [0.2, 0.25) is 5.91 Å². The lowest BCUT2D eigenvalue weighted by atomic mass is 9.96. The molecule has 1 heterocycles. The third kappa shape index (κ3) is 3.96. The molecular weight excluding hydrogens is 216 g/mol. The first-order valence-corrected chi connectivity index (χ1v) is 6.86. The fourth-order valence-corrected chi connectivity index (χ4v) is 2.61. The zero-order valence-corrected chi connectivity index (χ0v) is 11.1. The highest BCUT2D eigenvalue weighted by Crippen LogP contribution is 2.17. The van der Waals surface area contributed by atoms with Crippen molar-refractivity contribution in [1.29, 1.82) is 0 Å². The van der Waals surface area contributed by atoms with Crippen molar-refractivity contribution in [3.8, 4) is 0 Å². The van der Waals surface area contributed by atoms with E-state index in [1.54, 1.807) is 0 Å². The summed E-state index contributed by atoms with van der Waals surface area (Å²) in [6.45, 7) is 6.55. The van der Waals surface area contributed by atoms with E-state index in [1.165, 1.54) is 0 Å². The van der Waals surface area contributed by atoms with Crippen LogP contribution in [0.25, 0.3) is 0 Å². The molecule has 0 aromatic heterocycles. The quantitative estimate of drug-likeness (QED) is 0.730. The Morgan fingerprint density at radius 3 is 2.65 bits per heavy atom. The molecule has 17 heavy (non-hydrogen) atoms. The van der Waals surface area contributed by atoms with Crippen LogP contribution in [0, 0.1) is 5.92 Å². The molecule has 4 nitrogen and oxygen atoms in total. The molecule has 0 aromatic rings. The lowest BCUT2D eigenvalue weighted by Gasteiger charge is -2.34. The predicted octanol–water partition coefficient (Wildman–Crippen LogP) is 0.995. The monoisotopic (exact) mass is 242 g/mol. The van der Waals surface area contributed by atoms with Gasteiger partial charge in [-0.3, -0.25) is 4.79 Å². The molecule has 4 heteroatoms. The highest BCUT2D eigenvalue weighted by atomic mass is 16.3. The lowest BCUT2D eigenvalue weighted by molar-refractivity contribution is -0.139. The average Bonchev–Trinajstić information content (AvgIpc) is 2.39. The second-order valence-electron chi connectivity index (χ2n) is 4.77. The van der Waals surface area contributed by atoms with E-state index in [2.05, 4.69) is 19.2 Å². The molecule has 1 fully saturated rings. The maximum absolute atomic E-state index is 12.4. The summed E-state index contributed by atoms with van der Waals surface area (Å²) < 4.78 is 0. The van der Waals surface area contributed by atoms with Crippen LogP contribution in [0.3, 0.4) is 0 Å². The van der Waals surface area contributed by atoms with Gasteiger partial charge in [-0.1, -0.05) is 13.8 Å². The topological polar surface area (TPSA) is 52.6 Å². The second kappa shape index (κ2) is 7.67. The minimum Gasteiger partial charge on any atom is -0.395 e. The van der Waals surface area contributed by atoms with E-state index in [-0.39, 0.29) is 24.5 Å². The Kier molecular flexibility index (Phi) is 6.52. The van der Waals surface area contributed by atoms with Crippen molar-refractivity contribution >= 4 is 5.91 Å². The number of carbonyl (C=O) groups excluding carboxylic acids is 1. The van der Waals surface area contributed by atoms with Crippen molar-refractivity contribution in [1.82, 2.24) is 10.2 Å². The van der Waals surface area contributed by atoms with E-state index in [0.717, 1.165) is 38.8 Å². The van der Waals surface area contributed by atoms with Crippen molar-refractivity contribution in [3.63, 3.8) is 0 Å². The molecule has 1 aliphatic rings. The van der Waals surface area contributed by atoms with Crippen LogP contribution in [0.4, 0.5) is 0 Å². The molecule has 0 aliphatic carbocycles. The summed E-state index contributed by atoms with van der Waals surface area (Å²) in [6, 6.07) is 0.275. The zero-order chi connectivity index (χ0) is 12.7. The van der Waals surface area contributed by atoms with Gasteiger partial charge >= 0.3 is 0 Å². The zero-order valence-electron chi connectivity index (χ0n) is 11.1. The van der Waals surface area contributed by atoms with Gasteiger partial charge in [-0.05, 0) is 32.2 Å². The largest absolute Gasteiger partial charge is 0.395 e. The molecule has 0 aromatic carbocycles. The van der Waals surface area contributed by atoms with Crippen molar-refractivity contribution < 1.29 is 9.90 Å². The van der Waals surface area contributed by atoms with E-state index >= 15 is 0 Å². The summed E-state index contributed by atoms with van der Waals surface area (Å²) in [5, 5.41) is 12.4. The Morgan fingerprint density at radius 2 is 2.18 bits per heavy atom. The number of carbonyl (C=O) groups is 1. The predicted molar refractivity (Wildman–Crippen MR) is 68.8 cm³/mol. The molecule has 100 valence electrons. The fraction of sp³-hybridized carbons (Fsp3) is 0.923. The summed E-state index contributed by atoms with van der Waals surface area (Å²) in [6.07, 6.45) is 3.98. The van der Waals surface area contributed by atoms with E-state index in [0.29, 0.717) is 6.54 Å². The fourth-order valence-electron chi connectivity index (χ4n) is 2.61. The Bertz CT molecular complexity index is 223. The molecule has 0 spiro atoms. The van der Waals surface area contributed by atoms with E-state index in [1.807, 2.05) is 4.90 Å². The first kappa shape index (κ1) is 14.5. The summed E-state index contributed by atoms with van der Waals surface area (Å²) in [7, 11) is 0. The normalized spacial score (nSPS) is 20.6. The Morgan fingerprint density at radius 1 is 1.47 bits per heavy atom. The van der Waals surface area contributed by atoms with Gasteiger partial charge < -0.3 is 15.3 Å². The van der Waals surface area contributed by atoms with Crippen LogP contribution in [-0.2, 0) is 4.79 Å².